The van der Waals surface area contributed by atoms with Crippen molar-refractivity contribution in [1.82, 2.24) is 28.9 Å². The first-order valence-electron chi connectivity index (χ1n) is 48.2. The summed E-state index contributed by atoms with van der Waals surface area (Å²) in [5.41, 5.74) is 4.46. The molecule has 0 aromatic heterocycles. The predicted molar refractivity (Wildman–Crippen MR) is 540 cm³/mol. The number of aryl methyl sites for hydroxylation is 3. The summed E-state index contributed by atoms with van der Waals surface area (Å²) in [6.45, 7) is 26.8. The zero-order valence-corrected chi connectivity index (χ0v) is 95.2. The second-order valence-corrected chi connectivity index (χ2v) is 40.9. The monoisotopic (exact) mass is 2120 g/mol. The molecule has 5 N–H and O–H groups in total. The molecule has 6 heterocycles. The molecule has 6 aliphatic rings. The van der Waals surface area contributed by atoms with E-state index < -0.39 is 46.7 Å². The molecule has 35 nitrogen and oxygen atoms in total. The number of sulfonamides is 3. The van der Waals surface area contributed by atoms with E-state index in [0.717, 1.165) is 131 Å². The van der Waals surface area contributed by atoms with Crippen LogP contribution in [0, 0.1) is 20.8 Å². The second kappa shape index (κ2) is 70.5. The van der Waals surface area contributed by atoms with Gasteiger partial charge in [0.15, 0.2) is 0 Å². The molecule has 5 amide bonds. The average molecular weight is 2120 g/mol. The summed E-state index contributed by atoms with van der Waals surface area (Å²) in [5, 5.41) is 36.6. The van der Waals surface area contributed by atoms with Gasteiger partial charge in [-0.3, -0.25) is 53.3 Å². The number of ether oxygens (including phenoxy) is 5. The van der Waals surface area contributed by atoms with Gasteiger partial charge < -0.3 is 76.1 Å². The third kappa shape index (κ3) is 47.0. The molecule has 0 radical (unpaired) electrons. The Labute approximate surface area is 921 Å². The molecule has 0 saturated carbocycles. The molecular formula is C98H155BrK2N12O23S3. The summed E-state index contributed by atoms with van der Waals surface area (Å²) in [5.74, 6) is 1.18. The van der Waals surface area contributed by atoms with Gasteiger partial charge in [-0.15, -0.1) is 0 Å². The molecule has 41 heteroatoms. The van der Waals surface area contributed by atoms with E-state index in [1.54, 1.807) is 34.1 Å². The Kier molecular flexibility index (Phi) is 65.8. The number of amidine groups is 3. The molecule has 3 saturated heterocycles. The molecule has 6 aliphatic heterocycles. The maximum absolute atomic E-state index is 13.1. The number of piperidine rings is 3. The second-order valence-electron chi connectivity index (χ2n) is 34.6. The number of carbonyl (C=O) groups is 8. The number of hydrogen-bond acceptors (Lipinski definition) is 27. The van der Waals surface area contributed by atoms with Crippen molar-refractivity contribution in [2.75, 3.05) is 147 Å². The number of esters is 2. The number of amides is 5. The molecular weight excluding hydrogens is 1970 g/mol. The maximum atomic E-state index is 13.1. The number of likely N-dealkylation sites (N-methyl/N-ethyl adjacent to an activating group) is 1. The molecule has 3 fully saturated rings. The molecule has 3 spiro atoms. The number of rotatable bonds is 53. The Hall–Kier alpha value is -5.31. The number of aliphatic hydroxyl groups is 2. The number of carbonyl (C=O) groups excluding carboxylic acids is 8. The summed E-state index contributed by atoms with van der Waals surface area (Å²) >= 11 is 3.44. The molecule has 0 aliphatic carbocycles. The van der Waals surface area contributed by atoms with Crippen molar-refractivity contribution >= 4 is 141 Å². The van der Waals surface area contributed by atoms with Crippen molar-refractivity contribution in [3.63, 3.8) is 0 Å². The Morgan fingerprint density at radius 1 is 0.475 bits per heavy atom. The number of unbranched alkanes of at least 4 members (excludes halogenated alkanes) is 18. The van der Waals surface area contributed by atoms with E-state index in [1.165, 1.54) is 148 Å². The Bertz CT molecular complexity index is 4800. The molecule has 3 aromatic rings. The number of halogens is 1. The van der Waals surface area contributed by atoms with Gasteiger partial charge in [0, 0.05) is 158 Å². The number of aliphatic imine (C=N–C) groups is 3. The summed E-state index contributed by atoms with van der Waals surface area (Å²) in [4.78, 5) is 114. The first-order chi connectivity index (χ1) is 65.4. The number of nitrogens with zero attached hydrogens (tertiary/aromatic N) is 9. The van der Waals surface area contributed by atoms with Crippen molar-refractivity contribution in [3.05, 3.63) is 110 Å². The van der Waals surface area contributed by atoms with E-state index in [1.807, 2.05) is 75.2 Å². The van der Waals surface area contributed by atoms with Gasteiger partial charge in [-0.05, 0) is 161 Å². The van der Waals surface area contributed by atoms with Crippen LogP contribution in [0.25, 0.3) is 12.2 Å². The van der Waals surface area contributed by atoms with Crippen LogP contribution in [0.15, 0.2) is 96.9 Å². The van der Waals surface area contributed by atoms with Crippen LogP contribution in [-0.2, 0) is 97.0 Å². The van der Waals surface area contributed by atoms with Crippen LogP contribution in [0.4, 0.5) is 17.1 Å². The van der Waals surface area contributed by atoms with Crippen molar-refractivity contribution in [1.29, 1.82) is 0 Å². The van der Waals surface area contributed by atoms with E-state index in [0.29, 0.717) is 110 Å². The minimum atomic E-state index is -3.69. The molecule has 0 bridgehead atoms. The quantitative estimate of drug-likeness (QED) is 0.00969. The number of benzene rings is 3. The Morgan fingerprint density at radius 3 is 1.09 bits per heavy atom. The largest absolute Gasteiger partial charge is 1.00 e. The van der Waals surface area contributed by atoms with Gasteiger partial charge >= 0.3 is 115 Å². The number of hydrogen-bond donors (Lipinski definition) is 5. The van der Waals surface area contributed by atoms with Gasteiger partial charge in [0.2, 0.25) is 41.9 Å². The van der Waals surface area contributed by atoms with Gasteiger partial charge in [0.05, 0.1) is 46.2 Å². The third-order valence-electron chi connectivity index (χ3n) is 24.2. The Balaban J connectivity index is 0.000000941. The molecule has 3 aromatic carbocycles. The fourth-order valence-electron chi connectivity index (χ4n) is 16.1. The van der Waals surface area contributed by atoms with Crippen molar-refractivity contribution < 1.29 is 212 Å². The smallest absolute Gasteiger partial charge is 1.00 e. The van der Waals surface area contributed by atoms with Gasteiger partial charge in [-0.2, -0.15) is 12.9 Å². The van der Waals surface area contributed by atoms with Crippen molar-refractivity contribution in [2.45, 2.75) is 278 Å². The molecule has 0 unspecified atom stereocenters. The van der Waals surface area contributed by atoms with Gasteiger partial charge in [-0.1, -0.05) is 171 Å². The molecule has 0 atom stereocenters. The van der Waals surface area contributed by atoms with Crippen LogP contribution in [0.2, 0.25) is 0 Å². The van der Waals surface area contributed by atoms with E-state index >= 15 is 0 Å². The first-order valence-corrected chi connectivity index (χ1v) is 53.5. The van der Waals surface area contributed by atoms with E-state index in [9.17, 15) is 58.8 Å². The maximum Gasteiger partial charge on any atom is 1.00 e. The number of anilines is 3. The number of nitrogens with one attached hydrogen (secondary N) is 3. The van der Waals surface area contributed by atoms with Gasteiger partial charge in [-0.25, -0.2) is 25.3 Å². The van der Waals surface area contributed by atoms with Gasteiger partial charge in [0.25, 0.3) is 24.2 Å². The summed E-state index contributed by atoms with van der Waals surface area (Å²) < 4.78 is 107. The van der Waals surface area contributed by atoms with Gasteiger partial charge in [0.1, 0.15) is 47.3 Å². The minimum Gasteiger partial charge on any atom is -1.00 e. The van der Waals surface area contributed by atoms with Crippen LogP contribution in [0.5, 0.6) is 0 Å². The summed E-state index contributed by atoms with van der Waals surface area (Å²) in [7, 11) is -7.78. The fraction of sp³-hybridized carbons (Fsp3) is 0.643. The zero-order valence-electron chi connectivity index (χ0n) is 85.9. The van der Waals surface area contributed by atoms with Crippen LogP contribution in [0.1, 0.15) is 270 Å². The standard InChI is InChI=1S/C32H50N4O6S.C31H48N4O6S.C18H31N3O3S.C15H20BrNO4.CH2O3.CH4O.2K.H/c1-5-6-7-8-9-10-11-12-30-33-31(38)32(34-30)16-18-36(19-17-32)43(39,40)24-15-28-13-14-29(25-26(28)2)35(4)20-21-41-22-23-42-27(3)37;1-4-5-6-7-8-9-10-11-29-32-30(38)31(33-29)15-17-34(18-16-31)42(39,40)23-14-27-12-13-28(24-25(27)2)35(26(3)37)19-21-41-22-20-36;1-3-5-6-7-8-9-10-11-16-19-17(22)18(20-16)12-14-21(15-13-18)25(23,24)4-2;1-11-10-14(4-5-15(11)16)17(12(2)18)6-7-20-8-9-21-13(3)19;2-1-4-3;1-2;;;/h13-15,24-25H,5-12,16-23H2,1-4H3,(H,33,34,38);12-14,23-24,36H,4-11,15-22H2,1-3H3,(H,32,33,38);4H,2-3,5-15H2,1H3,(H,19,20,22);4-5,10H,6-9H2,1-3H3;1,3H;2H,1H3;;;/q;;;;;;2*+1;-1/p-1/b24-15+;23-14+;;;;;;;. The summed E-state index contributed by atoms with van der Waals surface area (Å²) in [6, 6.07) is 17.0. The molecule has 139 heavy (non-hydrogen) atoms. The average Bonchev–Trinajstić information content (AvgIpc) is 1.62. The molecule has 772 valence electrons. The Morgan fingerprint density at radius 2 is 0.777 bits per heavy atom. The SMILES string of the molecule is C=CS(=O)(=O)N1CCC2(CC1)N=C(CCCCCCCCC)NC2=O.CC(=O)OCCOCCN(C(C)=O)c1ccc(Br)c(C)c1.CCCCCCCCCC1=NC2(CCN(S(=O)(=O)/C=C/c3ccc(N(C)CCOCCOC(C)=O)cc3C)CC2)C(=O)N1.CCCCCCCCCC1=NC2(CCN(S(=O)(=O)/C=C/c3ccc(N(CCOCCO)C(C)=O)cc3C)CC2)C(=O)N1.CO.O=CO[O-].[H-].[K+].[K+]. The zero-order chi connectivity index (χ0) is 101. The van der Waals surface area contributed by atoms with E-state index in [4.69, 9.17) is 53.9 Å². The van der Waals surface area contributed by atoms with Crippen LogP contribution in [0.3, 0.4) is 0 Å². The van der Waals surface area contributed by atoms with E-state index in [-0.39, 0.29) is 205 Å². The first kappa shape index (κ1) is 130. The van der Waals surface area contributed by atoms with Crippen LogP contribution in [-0.4, -0.2) is 263 Å². The predicted octanol–water partition coefficient (Wildman–Crippen LogP) is 6.79. The topological polar surface area (TPSA) is 450 Å². The summed E-state index contributed by atoms with van der Waals surface area (Å²) in [6.07, 6.45) is 33.3. The minimum absolute atomic E-state index is 0. The van der Waals surface area contributed by atoms with Crippen molar-refractivity contribution in [3.8, 4) is 0 Å². The van der Waals surface area contributed by atoms with E-state index in [2.05, 4.69) is 69.1 Å². The third-order valence-corrected chi connectivity index (χ3v) is 29.7. The van der Waals surface area contributed by atoms with Crippen molar-refractivity contribution in [2.24, 2.45) is 15.0 Å². The molecule has 9 rings (SSSR count). The van der Waals surface area contributed by atoms with Crippen LogP contribution >= 0.6 is 15.9 Å². The number of aliphatic hydroxyl groups excluding tert-OH is 2. The fourth-order valence-corrected chi connectivity index (χ4v) is 19.6. The normalized spacial score (nSPS) is 15.9. The van der Waals surface area contributed by atoms with Crippen LogP contribution < -0.4 is 139 Å².